The summed E-state index contributed by atoms with van der Waals surface area (Å²) in [6, 6.07) is 11.4. The maximum atomic E-state index is 12.3. The summed E-state index contributed by atoms with van der Waals surface area (Å²) < 4.78 is 6.57. The third kappa shape index (κ3) is 2.73. The number of nitro benzene ring substituents is 1. The number of aromatic nitrogens is 3. The highest BCUT2D eigenvalue weighted by atomic mass is 16.6. The molecule has 0 aliphatic carbocycles. The Morgan fingerprint density at radius 2 is 2.00 bits per heavy atom. The van der Waals surface area contributed by atoms with Gasteiger partial charge < -0.3 is 4.74 Å². The van der Waals surface area contributed by atoms with Crippen molar-refractivity contribution in [2.24, 2.45) is 0 Å². The van der Waals surface area contributed by atoms with E-state index in [1.165, 1.54) is 12.1 Å². The van der Waals surface area contributed by atoms with Crippen molar-refractivity contribution in [3.63, 3.8) is 0 Å². The molecule has 0 amide bonds. The summed E-state index contributed by atoms with van der Waals surface area (Å²) in [4.78, 5) is 22.7. The van der Waals surface area contributed by atoms with E-state index in [1.807, 2.05) is 0 Å². The summed E-state index contributed by atoms with van der Waals surface area (Å²) in [6.45, 7) is 1.40. The van der Waals surface area contributed by atoms with Crippen molar-refractivity contribution < 1.29 is 9.66 Å². The molecule has 8 heteroatoms. The topological polar surface area (TPSA) is 100 Å². The molecule has 0 spiro atoms. The van der Waals surface area contributed by atoms with Crippen LogP contribution in [0.15, 0.2) is 47.3 Å². The van der Waals surface area contributed by atoms with E-state index in [9.17, 15) is 14.9 Å². The lowest BCUT2D eigenvalue weighted by atomic mass is 10.2. The lowest BCUT2D eigenvalue weighted by Gasteiger charge is -2.10. The van der Waals surface area contributed by atoms with Crippen LogP contribution in [0.5, 0.6) is 5.75 Å². The van der Waals surface area contributed by atoms with E-state index in [2.05, 4.69) is 10.3 Å². The van der Waals surface area contributed by atoms with Crippen molar-refractivity contribution in [2.45, 2.75) is 13.7 Å². The lowest BCUT2D eigenvalue weighted by Crippen LogP contribution is -2.26. The van der Waals surface area contributed by atoms with E-state index in [4.69, 9.17) is 4.74 Å². The Morgan fingerprint density at radius 1 is 1.22 bits per heavy atom. The molecule has 0 fully saturated rings. The third-order valence-corrected chi connectivity index (χ3v) is 3.42. The van der Waals surface area contributed by atoms with Crippen molar-refractivity contribution in [3.05, 3.63) is 68.5 Å². The van der Waals surface area contributed by atoms with Gasteiger partial charge in [0.25, 0.3) is 11.2 Å². The monoisotopic (exact) mass is 312 g/mol. The van der Waals surface area contributed by atoms with Gasteiger partial charge in [-0.2, -0.15) is 4.68 Å². The molecule has 1 aromatic heterocycles. The molecule has 1 heterocycles. The van der Waals surface area contributed by atoms with Gasteiger partial charge in [-0.05, 0) is 25.1 Å². The van der Waals surface area contributed by atoms with Crippen LogP contribution in [0.2, 0.25) is 0 Å². The van der Waals surface area contributed by atoms with Gasteiger partial charge in [-0.3, -0.25) is 14.9 Å². The van der Waals surface area contributed by atoms with E-state index in [-0.39, 0.29) is 18.0 Å². The van der Waals surface area contributed by atoms with Gasteiger partial charge in [0, 0.05) is 6.07 Å². The molecule has 8 nitrogen and oxygen atoms in total. The molecule has 0 radical (unpaired) electrons. The summed E-state index contributed by atoms with van der Waals surface area (Å²) >= 11 is 0. The van der Waals surface area contributed by atoms with Gasteiger partial charge in [-0.25, -0.2) is 0 Å². The average Bonchev–Trinajstić information content (AvgIpc) is 2.55. The van der Waals surface area contributed by atoms with Crippen molar-refractivity contribution in [1.29, 1.82) is 0 Å². The van der Waals surface area contributed by atoms with Crippen LogP contribution in [0.4, 0.5) is 5.69 Å². The Balaban J connectivity index is 1.90. The maximum absolute atomic E-state index is 12.3. The molecule has 0 N–H and O–H groups in total. The van der Waals surface area contributed by atoms with Crippen LogP contribution >= 0.6 is 0 Å². The number of fused-ring (bicyclic) bond motifs is 1. The first-order chi connectivity index (χ1) is 11.1. The van der Waals surface area contributed by atoms with Crippen LogP contribution in [-0.4, -0.2) is 19.9 Å². The first-order valence-corrected chi connectivity index (χ1v) is 6.77. The lowest BCUT2D eigenvalue weighted by molar-refractivity contribution is -0.385. The Kier molecular flexibility index (Phi) is 3.71. The van der Waals surface area contributed by atoms with Crippen LogP contribution in [0, 0.1) is 17.0 Å². The molecule has 2 aromatic carbocycles. The van der Waals surface area contributed by atoms with E-state index < -0.39 is 4.92 Å². The van der Waals surface area contributed by atoms with Crippen LogP contribution in [-0.2, 0) is 6.73 Å². The van der Waals surface area contributed by atoms with E-state index in [1.54, 1.807) is 37.3 Å². The standard InChI is InChI=1S/C15H12N4O4/c1-10-13(19(21)22)7-4-8-14(10)23-9-18-15(20)11-5-2-3-6-12(11)16-17-18/h2-8H,9H2,1H3. The third-order valence-electron chi connectivity index (χ3n) is 3.42. The molecule has 23 heavy (non-hydrogen) atoms. The highest BCUT2D eigenvalue weighted by Crippen LogP contribution is 2.27. The Bertz CT molecular complexity index is 952. The number of nitro groups is 1. The normalized spacial score (nSPS) is 10.7. The number of rotatable bonds is 4. The molecule has 0 saturated carbocycles. The zero-order valence-corrected chi connectivity index (χ0v) is 12.2. The predicted octanol–water partition coefficient (Wildman–Crippen LogP) is 2.04. The maximum Gasteiger partial charge on any atom is 0.280 e. The molecule has 0 unspecified atom stereocenters. The second-order valence-corrected chi connectivity index (χ2v) is 4.84. The van der Waals surface area contributed by atoms with Crippen molar-refractivity contribution in [3.8, 4) is 5.75 Å². The average molecular weight is 312 g/mol. The fourth-order valence-corrected chi connectivity index (χ4v) is 2.20. The highest BCUT2D eigenvalue weighted by molar-refractivity contribution is 5.76. The Morgan fingerprint density at radius 3 is 2.78 bits per heavy atom. The van der Waals surface area contributed by atoms with Gasteiger partial charge in [0.1, 0.15) is 11.3 Å². The summed E-state index contributed by atoms with van der Waals surface area (Å²) in [5.74, 6) is 0.320. The van der Waals surface area contributed by atoms with Crippen molar-refractivity contribution in [2.75, 3.05) is 0 Å². The van der Waals surface area contributed by atoms with Crippen LogP contribution in [0.3, 0.4) is 0 Å². The molecule has 0 saturated heterocycles. The van der Waals surface area contributed by atoms with Crippen LogP contribution in [0.25, 0.3) is 10.9 Å². The van der Waals surface area contributed by atoms with Gasteiger partial charge in [0.2, 0.25) is 0 Å². The van der Waals surface area contributed by atoms with Gasteiger partial charge >= 0.3 is 0 Å². The zero-order chi connectivity index (χ0) is 16.4. The minimum absolute atomic E-state index is 0.0422. The molecule has 3 rings (SSSR count). The van der Waals surface area contributed by atoms with E-state index in [0.29, 0.717) is 22.2 Å². The van der Waals surface area contributed by atoms with Gasteiger partial charge in [0.15, 0.2) is 6.73 Å². The molecular formula is C15H12N4O4. The largest absolute Gasteiger partial charge is 0.470 e. The Hall–Kier alpha value is -3.29. The summed E-state index contributed by atoms with van der Waals surface area (Å²) in [5, 5.41) is 19.1. The molecule has 0 aliphatic rings. The van der Waals surface area contributed by atoms with Gasteiger partial charge in [-0.1, -0.05) is 23.4 Å². The van der Waals surface area contributed by atoms with Gasteiger partial charge in [0.05, 0.1) is 15.9 Å². The number of hydrogen-bond donors (Lipinski definition) is 0. The molecule has 0 bridgehead atoms. The number of nitrogens with zero attached hydrogens (tertiary/aromatic N) is 4. The minimum atomic E-state index is -0.482. The quantitative estimate of drug-likeness (QED) is 0.540. The number of ether oxygens (including phenoxy) is 1. The Labute approximate surface area is 130 Å². The molecule has 0 atom stereocenters. The van der Waals surface area contributed by atoms with Crippen molar-refractivity contribution >= 4 is 16.6 Å². The zero-order valence-electron chi connectivity index (χ0n) is 12.2. The molecular weight excluding hydrogens is 300 g/mol. The number of hydrogen-bond acceptors (Lipinski definition) is 6. The highest BCUT2D eigenvalue weighted by Gasteiger charge is 2.14. The number of benzene rings is 2. The van der Waals surface area contributed by atoms with E-state index >= 15 is 0 Å². The second kappa shape index (κ2) is 5.84. The first-order valence-electron chi connectivity index (χ1n) is 6.77. The molecule has 116 valence electrons. The second-order valence-electron chi connectivity index (χ2n) is 4.84. The molecule has 0 aliphatic heterocycles. The fraction of sp³-hybridized carbons (Fsp3) is 0.133. The predicted molar refractivity (Wildman–Crippen MR) is 82.3 cm³/mol. The minimum Gasteiger partial charge on any atom is -0.470 e. The fourth-order valence-electron chi connectivity index (χ4n) is 2.20. The SMILES string of the molecule is Cc1c(OCn2nnc3ccccc3c2=O)cccc1[N+](=O)[O-]. The summed E-state index contributed by atoms with van der Waals surface area (Å²) in [5.41, 5.74) is 0.512. The smallest absolute Gasteiger partial charge is 0.280 e. The summed E-state index contributed by atoms with van der Waals surface area (Å²) in [7, 11) is 0. The first kappa shape index (κ1) is 14.6. The summed E-state index contributed by atoms with van der Waals surface area (Å²) in [6.07, 6.45) is 0. The van der Waals surface area contributed by atoms with Crippen LogP contribution in [0.1, 0.15) is 5.56 Å². The van der Waals surface area contributed by atoms with Crippen LogP contribution < -0.4 is 10.3 Å². The van der Waals surface area contributed by atoms with Crippen molar-refractivity contribution in [1.82, 2.24) is 15.0 Å². The van der Waals surface area contributed by atoms with Gasteiger partial charge in [-0.15, -0.1) is 5.10 Å². The van der Waals surface area contributed by atoms with E-state index in [0.717, 1.165) is 4.68 Å². The molecule has 3 aromatic rings.